The number of phosphoric acid groups is 1. The number of rotatable bonds is 10. The van der Waals surface area contributed by atoms with E-state index in [2.05, 4.69) is 26.1 Å². The van der Waals surface area contributed by atoms with Crippen LogP contribution in [0.3, 0.4) is 0 Å². The summed E-state index contributed by atoms with van der Waals surface area (Å²) in [6, 6.07) is 0. The normalized spacial score (nSPS) is 24.5. The maximum absolute atomic E-state index is 10.9. The number of thioether (sulfide) groups is 1. The Hall–Kier alpha value is -1.57. The van der Waals surface area contributed by atoms with Crippen LogP contribution in [0.5, 0.6) is 0 Å². The third-order valence-electron chi connectivity index (χ3n) is 4.48. The molecule has 12 nitrogen and oxygen atoms in total. The molecule has 0 aliphatic carbocycles. The molecule has 30 heavy (non-hydrogen) atoms. The fraction of sp³-hybridized carbons (Fsp3) is 0.562. The zero-order valence-corrected chi connectivity index (χ0v) is 17.7. The summed E-state index contributed by atoms with van der Waals surface area (Å²) in [4.78, 5) is 30.5. The van der Waals surface area contributed by atoms with E-state index < -0.39 is 39.0 Å². The van der Waals surface area contributed by atoms with Crippen LogP contribution >= 0.6 is 19.6 Å². The van der Waals surface area contributed by atoms with Gasteiger partial charge in [-0.1, -0.05) is 17.8 Å². The molecule has 4 atom stereocenters. The summed E-state index contributed by atoms with van der Waals surface area (Å²) in [5.74, 6) is 0.956. The van der Waals surface area contributed by atoms with Gasteiger partial charge in [0.15, 0.2) is 22.8 Å². The standard InChI is InChI=1S/C16H24N5O7PS/c1-2-3-4-5-6-30-16-19-13(17)10-14(20-16)21(8-18-10)15-12(23)11(22)9(28-15)7-27-29(24,25)26/h2,8-9,11-12,15,22-23H,1,3-7H2,(H2,17,19,20)(H2,24,25,26). The molecular formula is C16H24N5O7PS. The highest BCUT2D eigenvalue weighted by molar-refractivity contribution is 7.99. The number of aliphatic hydroxyl groups excluding tert-OH is 2. The Morgan fingerprint density at radius 1 is 1.33 bits per heavy atom. The van der Waals surface area contributed by atoms with Crippen LogP contribution in [0, 0.1) is 0 Å². The Kier molecular flexibility index (Phi) is 7.47. The quantitative estimate of drug-likeness (QED) is 0.109. The lowest BCUT2D eigenvalue weighted by molar-refractivity contribution is -0.0504. The molecule has 0 saturated carbocycles. The van der Waals surface area contributed by atoms with Crippen molar-refractivity contribution in [2.45, 2.75) is 49.0 Å². The largest absolute Gasteiger partial charge is 0.469 e. The van der Waals surface area contributed by atoms with Crippen molar-refractivity contribution in [3.63, 3.8) is 0 Å². The summed E-state index contributed by atoms with van der Waals surface area (Å²) in [6.45, 7) is 3.09. The van der Waals surface area contributed by atoms with Gasteiger partial charge in [-0.15, -0.1) is 6.58 Å². The lowest BCUT2D eigenvalue weighted by atomic mass is 10.1. The van der Waals surface area contributed by atoms with Gasteiger partial charge in [-0.05, 0) is 19.3 Å². The minimum Gasteiger partial charge on any atom is -0.387 e. The lowest BCUT2D eigenvalue weighted by Gasteiger charge is -2.17. The van der Waals surface area contributed by atoms with Crippen molar-refractivity contribution in [1.29, 1.82) is 0 Å². The topological polar surface area (TPSA) is 186 Å². The van der Waals surface area contributed by atoms with Crippen molar-refractivity contribution in [2.24, 2.45) is 0 Å². The first-order chi connectivity index (χ1) is 14.2. The minimum absolute atomic E-state index is 0.168. The fourth-order valence-electron chi connectivity index (χ4n) is 2.99. The molecule has 166 valence electrons. The molecule has 0 aromatic carbocycles. The summed E-state index contributed by atoms with van der Waals surface area (Å²) < 4.78 is 22.3. The zero-order chi connectivity index (χ0) is 21.9. The first-order valence-corrected chi connectivity index (χ1v) is 11.7. The second kappa shape index (κ2) is 9.71. The molecule has 1 fully saturated rings. The number of nitrogens with two attached hydrogens (primary N) is 1. The highest BCUT2D eigenvalue weighted by Gasteiger charge is 2.45. The lowest BCUT2D eigenvalue weighted by Crippen LogP contribution is -2.33. The van der Waals surface area contributed by atoms with Crippen molar-refractivity contribution in [1.82, 2.24) is 19.5 Å². The summed E-state index contributed by atoms with van der Waals surface area (Å²) in [7, 11) is -4.75. The molecule has 14 heteroatoms. The van der Waals surface area contributed by atoms with E-state index in [-0.39, 0.29) is 5.82 Å². The Bertz CT molecular complexity index is 938. The van der Waals surface area contributed by atoms with Gasteiger partial charge in [0.25, 0.3) is 0 Å². The molecule has 1 saturated heterocycles. The van der Waals surface area contributed by atoms with Crippen LogP contribution in [0.1, 0.15) is 25.5 Å². The van der Waals surface area contributed by atoms with E-state index in [1.54, 1.807) is 0 Å². The molecule has 2 aromatic heterocycles. The molecular weight excluding hydrogens is 437 g/mol. The number of ether oxygens (including phenoxy) is 1. The van der Waals surface area contributed by atoms with E-state index in [1.165, 1.54) is 22.7 Å². The SMILES string of the molecule is C=CCCCCSc1nc(N)c2ncn(C3OC(COP(=O)(O)O)C(O)C3O)c2n1. The number of nitrogen functional groups attached to an aromatic ring is 1. The molecule has 3 rings (SSSR count). The van der Waals surface area contributed by atoms with Gasteiger partial charge in [-0.25, -0.2) is 19.5 Å². The predicted molar refractivity (Wildman–Crippen MR) is 108 cm³/mol. The van der Waals surface area contributed by atoms with E-state index in [0.717, 1.165) is 25.0 Å². The Balaban J connectivity index is 1.78. The van der Waals surface area contributed by atoms with Crippen molar-refractivity contribution < 1.29 is 33.8 Å². The second-order valence-electron chi connectivity index (χ2n) is 6.68. The first kappa shape index (κ1) is 23.1. The van der Waals surface area contributed by atoms with Crippen molar-refractivity contribution in [3.8, 4) is 0 Å². The Morgan fingerprint density at radius 3 is 2.80 bits per heavy atom. The maximum Gasteiger partial charge on any atom is 0.469 e. The van der Waals surface area contributed by atoms with E-state index in [1.807, 2.05) is 6.08 Å². The maximum atomic E-state index is 10.9. The number of phosphoric ester groups is 1. The smallest absolute Gasteiger partial charge is 0.387 e. The van der Waals surface area contributed by atoms with Crippen LogP contribution in [-0.2, 0) is 13.8 Å². The molecule has 0 spiro atoms. The monoisotopic (exact) mass is 461 g/mol. The molecule has 4 unspecified atom stereocenters. The van der Waals surface area contributed by atoms with Gasteiger partial charge in [0.2, 0.25) is 0 Å². The summed E-state index contributed by atoms with van der Waals surface area (Å²) in [5.41, 5.74) is 6.61. The van der Waals surface area contributed by atoms with Gasteiger partial charge in [-0.3, -0.25) is 9.09 Å². The number of nitrogens with zero attached hydrogens (tertiary/aromatic N) is 4. The summed E-state index contributed by atoms with van der Waals surface area (Å²) >= 11 is 1.43. The van der Waals surface area contributed by atoms with Gasteiger partial charge in [0.05, 0.1) is 12.9 Å². The van der Waals surface area contributed by atoms with E-state index in [9.17, 15) is 14.8 Å². The molecule has 2 aromatic rings. The van der Waals surface area contributed by atoms with Crippen molar-refractivity contribution >= 4 is 36.6 Å². The third-order valence-corrected chi connectivity index (χ3v) is 5.90. The van der Waals surface area contributed by atoms with Gasteiger partial charge in [0, 0.05) is 5.75 Å². The number of fused-ring (bicyclic) bond motifs is 1. The molecule has 0 radical (unpaired) electrons. The van der Waals surface area contributed by atoms with Crippen LogP contribution in [0.15, 0.2) is 24.1 Å². The third kappa shape index (κ3) is 5.37. The Labute approximate surface area is 176 Å². The highest BCUT2D eigenvalue weighted by atomic mass is 32.2. The minimum atomic E-state index is -4.75. The van der Waals surface area contributed by atoms with Crippen LogP contribution < -0.4 is 5.73 Å². The molecule has 1 aliphatic heterocycles. The number of anilines is 1. The van der Waals surface area contributed by atoms with Gasteiger partial charge in [0.1, 0.15) is 23.8 Å². The number of aromatic nitrogens is 4. The molecule has 1 aliphatic rings. The van der Waals surface area contributed by atoms with E-state index in [4.69, 9.17) is 20.3 Å². The predicted octanol–water partition coefficient (Wildman–Crippen LogP) is 0.585. The van der Waals surface area contributed by atoms with E-state index in [0.29, 0.717) is 16.3 Å². The van der Waals surface area contributed by atoms with Crippen LogP contribution in [0.25, 0.3) is 11.2 Å². The summed E-state index contributed by atoms with van der Waals surface area (Å²) in [6.07, 6.45) is 1.00. The Morgan fingerprint density at radius 2 is 2.10 bits per heavy atom. The zero-order valence-electron chi connectivity index (χ0n) is 15.9. The van der Waals surface area contributed by atoms with Gasteiger partial charge >= 0.3 is 7.82 Å². The second-order valence-corrected chi connectivity index (χ2v) is 8.98. The number of imidazole rings is 1. The number of unbranched alkanes of at least 4 members (excludes halogenated alkanes) is 2. The first-order valence-electron chi connectivity index (χ1n) is 9.16. The summed E-state index contributed by atoms with van der Waals surface area (Å²) in [5, 5.41) is 21.0. The fourth-order valence-corrected chi connectivity index (χ4v) is 4.18. The number of aliphatic hydroxyl groups is 2. The average Bonchev–Trinajstić information content (AvgIpc) is 3.21. The average molecular weight is 461 g/mol. The number of hydrogen-bond donors (Lipinski definition) is 5. The molecule has 0 bridgehead atoms. The van der Waals surface area contributed by atoms with Crippen LogP contribution in [0.4, 0.5) is 5.82 Å². The molecule has 6 N–H and O–H groups in total. The van der Waals surface area contributed by atoms with Crippen molar-refractivity contribution in [3.05, 3.63) is 19.0 Å². The molecule has 3 heterocycles. The van der Waals surface area contributed by atoms with E-state index >= 15 is 0 Å². The number of allylic oxidation sites excluding steroid dienone is 1. The van der Waals surface area contributed by atoms with Crippen LogP contribution in [0.2, 0.25) is 0 Å². The van der Waals surface area contributed by atoms with Gasteiger partial charge in [-0.2, -0.15) is 0 Å². The highest BCUT2D eigenvalue weighted by Crippen LogP contribution is 2.39. The molecule has 0 amide bonds. The van der Waals surface area contributed by atoms with Crippen LogP contribution in [-0.4, -0.2) is 70.2 Å². The van der Waals surface area contributed by atoms with Crippen molar-refractivity contribution in [2.75, 3.05) is 18.1 Å². The number of hydrogen-bond acceptors (Lipinski definition) is 10. The van der Waals surface area contributed by atoms with Gasteiger partial charge < -0.3 is 30.5 Å².